The van der Waals surface area contributed by atoms with Gasteiger partial charge in [0.2, 0.25) is 10.0 Å². The van der Waals surface area contributed by atoms with Crippen LogP contribution in [-0.2, 0) is 23.0 Å². The molecule has 39 heavy (non-hydrogen) atoms. The molecule has 0 fully saturated rings. The number of likely N-dealkylation sites (N-methyl/N-ethyl adjacent to an activating group) is 1. The second kappa shape index (κ2) is 12.7. The summed E-state index contributed by atoms with van der Waals surface area (Å²) in [4.78, 5) is 7.04. The molecule has 1 atom stereocenters. The molecule has 4 aromatic rings. The summed E-state index contributed by atoms with van der Waals surface area (Å²) in [6.07, 6.45) is 0.336. The van der Waals surface area contributed by atoms with Crippen LogP contribution in [0.25, 0.3) is 10.2 Å². The molecule has 0 spiro atoms. The molecule has 0 saturated carbocycles. The Labute approximate surface area is 233 Å². The molecular weight excluding hydrogens is 532 g/mol. The molecule has 0 aliphatic heterocycles. The van der Waals surface area contributed by atoms with E-state index in [-0.39, 0.29) is 10.7 Å². The lowest BCUT2D eigenvalue weighted by Gasteiger charge is -2.18. The first-order chi connectivity index (χ1) is 18.6. The molecule has 9 nitrogen and oxygen atoms in total. The highest BCUT2D eigenvalue weighted by molar-refractivity contribution is 7.89. The number of ether oxygens (including phenoxy) is 1. The first-order valence-electron chi connectivity index (χ1n) is 12.5. The molecule has 0 saturated heterocycles. The zero-order chi connectivity index (χ0) is 28.0. The third-order valence-electron chi connectivity index (χ3n) is 6.16. The van der Waals surface area contributed by atoms with Gasteiger partial charge in [-0.15, -0.1) is 11.3 Å². The predicted octanol–water partition coefficient (Wildman–Crippen LogP) is 3.50. The van der Waals surface area contributed by atoms with E-state index < -0.39 is 16.1 Å². The van der Waals surface area contributed by atoms with Crippen molar-refractivity contribution in [3.8, 4) is 5.75 Å². The molecule has 0 radical (unpaired) electrons. The van der Waals surface area contributed by atoms with Crippen LogP contribution < -0.4 is 20.5 Å². The molecule has 0 aliphatic rings. The van der Waals surface area contributed by atoms with Crippen LogP contribution in [-0.4, -0.2) is 58.4 Å². The number of amidine groups is 1. The molecule has 4 rings (SSSR count). The van der Waals surface area contributed by atoms with E-state index in [9.17, 15) is 8.42 Å². The molecule has 1 unspecified atom stereocenters. The minimum Gasteiger partial charge on any atom is -0.497 e. The highest BCUT2D eigenvalue weighted by atomic mass is 32.2. The van der Waals surface area contributed by atoms with Gasteiger partial charge in [-0.25, -0.2) is 18.1 Å². The van der Waals surface area contributed by atoms with Gasteiger partial charge in [-0.3, -0.25) is 5.41 Å². The van der Waals surface area contributed by atoms with E-state index in [2.05, 4.69) is 14.9 Å². The Balaban J connectivity index is 1.63. The molecule has 0 amide bonds. The van der Waals surface area contributed by atoms with Crippen molar-refractivity contribution in [3.63, 3.8) is 0 Å². The molecular formula is C28H34N6O3S2. The Morgan fingerprint density at radius 3 is 2.62 bits per heavy atom. The molecule has 1 aromatic heterocycles. The number of nitrogen functional groups attached to an aromatic ring is 1. The van der Waals surface area contributed by atoms with Crippen molar-refractivity contribution in [1.29, 1.82) is 5.41 Å². The van der Waals surface area contributed by atoms with Crippen molar-refractivity contribution in [1.82, 2.24) is 19.9 Å². The standard InChI is InChI=1S/C28H34N6O3S2/c1-34(2)13-12-31-18-20-7-5-9-23(15-20)39(35,36)33-25(16-19-6-4-8-21(14-19)27(29)30)28-32-24-11-10-22(37-3)17-26(24)38-28/h4-11,14-15,17,25,31,33H,12-13,16,18H2,1-3H3,(H3,29,30). The Hall–Kier alpha value is -3.35. The van der Waals surface area contributed by atoms with Crippen molar-refractivity contribution >= 4 is 37.4 Å². The Bertz CT molecular complexity index is 1550. The molecule has 5 N–H and O–H groups in total. The zero-order valence-corrected chi connectivity index (χ0v) is 23.9. The van der Waals surface area contributed by atoms with Crippen LogP contribution in [0.4, 0.5) is 0 Å². The van der Waals surface area contributed by atoms with E-state index in [4.69, 9.17) is 20.9 Å². The second-order valence-electron chi connectivity index (χ2n) is 9.51. The summed E-state index contributed by atoms with van der Waals surface area (Å²) in [5.41, 5.74) is 8.77. The maximum Gasteiger partial charge on any atom is 0.241 e. The summed E-state index contributed by atoms with van der Waals surface area (Å²) < 4.78 is 36.4. The Morgan fingerprint density at radius 1 is 1.10 bits per heavy atom. The summed E-state index contributed by atoms with van der Waals surface area (Å²) in [6, 6.07) is 19.2. The van der Waals surface area contributed by atoms with Crippen LogP contribution in [0.15, 0.2) is 71.6 Å². The number of sulfonamides is 1. The maximum atomic E-state index is 13.6. The molecule has 0 bridgehead atoms. The Morgan fingerprint density at radius 2 is 1.87 bits per heavy atom. The summed E-state index contributed by atoms with van der Waals surface area (Å²) in [7, 11) is 1.74. The predicted molar refractivity (Wildman–Crippen MR) is 157 cm³/mol. The average Bonchev–Trinajstić information content (AvgIpc) is 3.34. The lowest BCUT2D eigenvalue weighted by molar-refractivity contribution is 0.400. The van der Waals surface area contributed by atoms with Gasteiger partial charge in [0.05, 0.1) is 28.3 Å². The second-order valence-corrected chi connectivity index (χ2v) is 12.3. The lowest BCUT2D eigenvalue weighted by Crippen LogP contribution is -2.30. The number of hydrogen-bond acceptors (Lipinski definition) is 8. The third-order valence-corrected chi connectivity index (χ3v) is 8.76. The summed E-state index contributed by atoms with van der Waals surface area (Å²) in [5.74, 6) is 0.664. The van der Waals surface area contributed by atoms with E-state index in [1.54, 1.807) is 37.4 Å². The van der Waals surface area contributed by atoms with E-state index in [0.717, 1.165) is 34.4 Å². The highest BCUT2D eigenvalue weighted by Crippen LogP contribution is 2.32. The van der Waals surface area contributed by atoms with Gasteiger partial charge < -0.3 is 20.7 Å². The molecule has 206 valence electrons. The minimum absolute atomic E-state index is 0.0444. The minimum atomic E-state index is -3.88. The first kappa shape index (κ1) is 28.7. The van der Waals surface area contributed by atoms with Crippen molar-refractivity contribution in [2.24, 2.45) is 5.73 Å². The number of fused-ring (bicyclic) bond motifs is 1. The Kier molecular flexibility index (Phi) is 9.31. The van der Waals surface area contributed by atoms with Crippen LogP contribution >= 0.6 is 11.3 Å². The van der Waals surface area contributed by atoms with E-state index in [1.807, 2.05) is 50.5 Å². The van der Waals surface area contributed by atoms with Crippen molar-refractivity contribution in [2.45, 2.75) is 23.9 Å². The van der Waals surface area contributed by atoms with Crippen LogP contribution in [0.3, 0.4) is 0 Å². The lowest BCUT2D eigenvalue weighted by atomic mass is 10.0. The zero-order valence-electron chi connectivity index (χ0n) is 22.3. The van der Waals surface area contributed by atoms with Gasteiger partial charge in [0, 0.05) is 25.2 Å². The summed E-state index contributed by atoms with van der Waals surface area (Å²) >= 11 is 1.42. The molecule has 3 aromatic carbocycles. The molecule has 11 heteroatoms. The highest BCUT2D eigenvalue weighted by Gasteiger charge is 2.25. The van der Waals surface area contributed by atoms with Crippen LogP contribution in [0.1, 0.15) is 27.7 Å². The van der Waals surface area contributed by atoms with E-state index in [0.29, 0.717) is 29.3 Å². The SMILES string of the molecule is COc1ccc2nc(C(Cc3cccc(C(=N)N)c3)NS(=O)(=O)c3cccc(CNCCN(C)C)c3)sc2c1. The number of benzene rings is 3. The van der Waals surface area contributed by atoms with Crippen molar-refractivity contribution in [2.75, 3.05) is 34.3 Å². The maximum absolute atomic E-state index is 13.6. The molecule has 1 heterocycles. The quantitative estimate of drug-likeness (QED) is 0.111. The number of nitrogens with one attached hydrogen (secondary N) is 3. The van der Waals surface area contributed by atoms with Crippen molar-refractivity contribution < 1.29 is 13.2 Å². The number of methoxy groups -OCH3 is 1. The number of nitrogens with zero attached hydrogens (tertiary/aromatic N) is 2. The van der Waals surface area contributed by atoms with Crippen LogP contribution in [0, 0.1) is 5.41 Å². The van der Waals surface area contributed by atoms with E-state index >= 15 is 0 Å². The van der Waals surface area contributed by atoms with Gasteiger partial charge in [-0.2, -0.15) is 0 Å². The monoisotopic (exact) mass is 566 g/mol. The molecule has 0 aliphatic carbocycles. The smallest absolute Gasteiger partial charge is 0.241 e. The third kappa shape index (κ3) is 7.61. The van der Waals surface area contributed by atoms with Gasteiger partial charge in [-0.05, 0) is 68.0 Å². The number of nitrogens with two attached hydrogens (primary N) is 1. The average molecular weight is 567 g/mol. The number of rotatable bonds is 13. The van der Waals surface area contributed by atoms with Gasteiger partial charge in [0.25, 0.3) is 0 Å². The summed E-state index contributed by atoms with van der Waals surface area (Å²) in [6.45, 7) is 2.25. The van der Waals surface area contributed by atoms with E-state index in [1.165, 1.54) is 11.3 Å². The fourth-order valence-corrected chi connectivity index (χ4v) is 6.48. The van der Waals surface area contributed by atoms with Crippen LogP contribution in [0.5, 0.6) is 5.75 Å². The fourth-order valence-electron chi connectivity index (χ4n) is 4.09. The van der Waals surface area contributed by atoms with Gasteiger partial charge in [0.1, 0.15) is 16.6 Å². The van der Waals surface area contributed by atoms with Crippen molar-refractivity contribution in [3.05, 3.63) is 88.4 Å². The van der Waals surface area contributed by atoms with Crippen LogP contribution in [0.2, 0.25) is 0 Å². The number of hydrogen-bond donors (Lipinski definition) is 4. The largest absolute Gasteiger partial charge is 0.497 e. The van der Waals surface area contributed by atoms with Gasteiger partial charge >= 0.3 is 0 Å². The first-order valence-corrected chi connectivity index (χ1v) is 14.8. The number of aromatic nitrogens is 1. The van der Waals surface area contributed by atoms with Gasteiger partial charge in [-0.1, -0.05) is 30.3 Å². The normalized spacial score (nSPS) is 12.6. The number of thiazole rings is 1. The van der Waals surface area contributed by atoms with Gasteiger partial charge in [0.15, 0.2) is 0 Å². The summed E-state index contributed by atoms with van der Waals surface area (Å²) in [5, 5.41) is 11.8. The topological polar surface area (TPSA) is 133 Å². The fraction of sp³-hybridized carbons (Fsp3) is 0.286.